The van der Waals surface area contributed by atoms with Crippen LogP contribution < -0.4 is 10.1 Å². The molecule has 0 saturated carbocycles. The third kappa shape index (κ3) is 5.49. The number of nitrogens with zero attached hydrogens (tertiary/aromatic N) is 2. The fraction of sp³-hybridized carbons (Fsp3) is 0.364. The maximum Gasteiger partial charge on any atom is 0.254 e. The highest BCUT2D eigenvalue weighted by Crippen LogP contribution is 2.27. The van der Waals surface area contributed by atoms with E-state index in [4.69, 9.17) is 16.3 Å². The number of piperazine rings is 1. The third-order valence-corrected chi connectivity index (χ3v) is 5.46. The second-order valence-corrected chi connectivity index (χ2v) is 7.56. The van der Waals surface area contributed by atoms with Gasteiger partial charge in [-0.05, 0) is 43.3 Å². The van der Waals surface area contributed by atoms with E-state index >= 15 is 0 Å². The molecule has 0 radical (unpaired) electrons. The minimum Gasteiger partial charge on any atom is -0.495 e. The molecule has 7 heteroatoms. The Hall–Kier alpha value is -2.57. The van der Waals surface area contributed by atoms with Crippen molar-refractivity contribution < 1.29 is 14.3 Å². The molecule has 0 aliphatic carbocycles. The molecule has 2 aromatic carbocycles. The lowest BCUT2D eigenvalue weighted by Crippen LogP contribution is -2.47. The fourth-order valence-electron chi connectivity index (χ4n) is 3.29. The van der Waals surface area contributed by atoms with Crippen molar-refractivity contribution in [3.05, 3.63) is 58.6 Å². The molecular formula is C22H26ClN3O3. The summed E-state index contributed by atoms with van der Waals surface area (Å²) < 4.78 is 5.35. The highest BCUT2D eigenvalue weighted by Gasteiger charge is 2.21. The molecule has 1 aliphatic heterocycles. The predicted octanol–water partition coefficient (Wildman–Crippen LogP) is 3.31. The lowest BCUT2D eigenvalue weighted by molar-refractivity contribution is -0.116. The Morgan fingerprint density at radius 3 is 2.52 bits per heavy atom. The van der Waals surface area contributed by atoms with Gasteiger partial charge in [-0.3, -0.25) is 9.59 Å². The molecule has 0 spiro atoms. The van der Waals surface area contributed by atoms with Gasteiger partial charge in [0.25, 0.3) is 5.91 Å². The van der Waals surface area contributed by atoms with E-state index in [1.165, 1.54) is 7.11 Å². The Labute approximate surface area is 176 Å². The molecule has 29 heavy (non-hydrogen) atoms. The number of halogens is 1. The van der Waals surface area contributed by atoms with Gasteiger partial charge in [-0.15, -0.1) is 0 Å². The second kappa shape index (κ2) is 9.76. The van der Waals surface area contributed by atoms with Gasteiger partial charge >= 0.3 is 0 Å². The summed E-state index contributed by atoms with van der Waals surface area (Å²) in [7, 11) is 3.59. The molecule has 2 amide bonds. The lowest BCUT2D eigenvalue weighted by Gasteiger charge is -2.32. The van der Waals surface area contributed by atoms with Crippen LogP contribution in [0.3, 0.4) is 0 Å². The van der Waals surface area contributed by atoms with Gasteiger partial charge in [-0.1, -0.05) is 29.8 Å². The molecule has 1 heterocycles. The van der Waals surface area contributed by atoms with Crippen LogP contribution in [0, 0.1) is 0 Å². The topological polar surface area (TPSA) is 61.9 Å². The Balaban J connectivity index is 1.67. The van der Waals surface area contributed by atoms with E-state index in [1.807, 2.05) is 36.2 Å². The molecule has 154 valence electrons. The van der Waals surface area contributed by atoms with Crippen LogP contribution in [0.2, 0.25) is 5.02 Å². The third-order valence-electron chi connectivity index (χ3n) is 5.09. The first-order valence-corrected chi connectivity index (χ1v) is 10.0. The van der Waals surface area contributed by atoms with Crippen molar-refractivity contribution in [1.29, 1.82) is 0 Å². The zero-order valence-electron chi connectivity index (χ0n) is 16.8. The summed E-state index contributed by atoms with van der Waals surface area (Å²) in [5.74, 6) is 0.325. The Morgan fingerprint density at radius 2 is 1.83 bits per heavy atom. The van der Waals surface area contributed by atoms with Crippen LogP contribution in [0.25, 0.3) is 0 Å². The predicted molar refractivity (Wildman–Crippen MR) is 115 cm³/mol. The molecule has 1 fully saturated rings. The minimum atomic E-state index is -0.160. The van der Waals surface area contributed by atoms with Gasteiger partial charge < -0.3 is 19.9 Å². The van der Waals surface area contributed by atoms with E-state index in [9.17, 15) is 9.59 Å². The molecule has 2 aromatic rings. The van der Waals surface area contributed by atoms with Gasteiger partial charge in [0, 0.05) is 43.2 Å². The van der Waals surface area contributed by atoms with Gasteiger partial charge in [0.15, 0.2) is 0 Å². The van der Waals surface area contributed by atoms with Crippen LogP contribution in [-0.4, -0.2) is 62.0 Å². The van der Waals surface area contributed by atoms with Crippen molar-refractivity contribution in [2.75, 3.05) is 45.7 Å². The minimum absolute atomic E-state index is 0.0349. The van der Waals surface area contributed by atoms with Gasteiger partial charge in [0.1, 0.15) is 5.75 Å². The van der Waals surface area contributed by atoms with Crippen molar-refractivity contribution >= 4 is 29.1 Å². The zero-order chi connectivity index (χ0) is 20.8. The standard InChI is InChI=1S/C22H26ClN3O3/c1-25-11-13-26(14-12-25)22(28)17-7-9-20(29-2)19(15-17)24-21(27)10-8-16-5-3-4-6-18(16)23/h3-7,9,15H,8,10-14H2,1-2H3,(H,24,27). The van der Waals surface area contributed by atoms with Crippen LogP contribution in [-0.2, 0) is 11.2 Å². The normalized spacial score (nSPS) is 14.5. The number of rotatable bonds is 6. The van der Waals surface area contributed by atoms with Crippen LogP contribution in [0.4, 0.5) is 5.69 Å². The highest BCUT2D eigenvalue weighted by atomic mass is 35.5. The summed E-state index contributed by atoms with van der Waals surface area (Å²) in [6.45, 7) is 3.10. The number of methoxy groups -OCH3 is 1. The van der Waals surface area contributed by atoms with E-state index in [-0.39, 0.29) is 18.2 Å². The Bertz CT molecular complexity index is 879. The van der Waals surface area contributed by atoms with Crippen molar-refractivity contribution in [1.82, 2.24) is 9.80 Å². The molecule has 3 rings (SSSR count). The van der Waals surface area contributed by atoms with Crippen molar-refractivity contribution in [3.63, 3.8) is 0 Å². The van der Waals surface area contributed by atoms with Crippen LogP contribution in [0.15, 0.2) is 42.5 Å². The lowest BCUT2D eigenvalue weighted by atomic mass is 10.1. The summed E-state index contributed by atoms with van der Waals surface area (Å²) in [5.41, 5.74) is 1.96. The summed E-state index contributed by atoms with van der Waals surface area (Å²) in [4.78, 5) is 29.3. The van der Waals surface area contributed by atoms with Gasteiger partial charge in [0.2, 0.25) is 5.91 Å². The fourth-order valence-corrected chi connectivity index (χ4v) is 3.52. The number of likely N-dealkylation sites (N-methyl/N-ethyl adjacent to an activating group) is 1. The Morgan fingerprint density at radius 1 is 1.10 bits per heavy atom. The van der Waals surface area contributed by atoms with Crippen LogP contribution in [0.5, 0.6) is 5.75 Å². The molecule has 1 aliphatic rings. The van der Waals surface area contributed by atoms with E-state index in [0.29, 0.717) is 41.5 Å². The quantitative estimate of drug-likeness (QED) is 0.786. The SMILES string of the molecule is COc1ccc(C(=O)N2CCN(C)CC2)cc1NC(=O)CCc1ccccc1Cl. The first kappa shape index (κ1) is 21.1. The van der Waals surface area contributed by atoms with E-state index in [1.54, 1.807) is 18.2 Å². The summed E-state index contributed by atoms with van der Waals surface area (Å²) in [5, 5.41) is 3.52. The summed E-state index contributed by atoms with van der Waals surface area (Å²) in [6, 6.07) is 12.6. The monoisotopic (exact) mass is 415 g/mol. The van der Waals surface area contributed by atoms with Gasteiger partial charge in [0.05, 0.1) is 12.8 Å². The number of benzene rings is 2. The maximum atomic E-state index is 12.8. The van der Waals surface area contributed by atoms with E-state index in [0.717, 1.165) is 18.7 Å². The molecule has 0 atom stereocenters. The highest BCUT2D eigenvalue weighted by molar-refractivity contribution is 6.31. The molecular weight excluding hydrogens is 390 g/mol. The number of anilines is 1. The Kier molecular flexibility index (Phi) is 7.12. The van der Waals surface area contributed by atoms with E-state index < -0.39 is 0 Å². The molecule has 0 unspecified atom stereocenters. The number of carbonyl (C=O) groups is 2. The number of ether oxygens (including phenoxy) is 1. The zero-order valence-corrected chi connectivity index (χ0v) is 17.5. The van der Waals surface area contributed by atoms with Gasteiger partial charge in [-0.2, -0.15) is 0 Å². The number of amides is 2. The number of hydrogen-bond donors (Lipinski definition) is 1. The largest absolute Gasteiger partial charge is 0.495 e. The molecule has 1 N–H and O–H groups in total. The van der Waals surface area contributed by atoms with E-state index in [2.05, 4.69) is 10.2 Å². The van der Waals surface area contributed by atoms with Crippen molar-refractivity contribution in [3.8, 4) is 5.75 Å². The first-order chi connectivity index (χ1) is 14.0. The average Bonchev–Trinajstić information content (AvgIpc) is 2.73. The average molecular weight is 416 g/mol. The molecule has 0 aromatic heterocycles. The number of nitrogens with one attached hydrogen (secondary N) is 1. The first-order valence-electron chi connectivity index (χ1n) is 9.67. The molecule has 0 bridgehead atoms. The van der Waals surface area contributed by atoms with Crippen molar-refractivity contribution in [2.24, 2.45) is 0 Å². The van der Waals surface area contributed by atoms with Crippen LogP contribution in [0.1, 0.15) is 22.3 Å². The van der Waals surface area contributed by atoms with Crippen LogP contribution >= 0.6 is 11.6 Å². The number of hydrogen-bond acceptors (Lipinski definition) is 4. The van der Waals surface area contributed by atoms with Gasteiger partial charge in [-0.25, -0.2) is 0 Å². The number of carbonyl (C=O) groups excluding carboxylic acids is 2. The smallest absolute Gasteiger partial charge is 0.254 e. The molecule has 6 nitrogen and oxygen atoms in total. The second-order valence-electron chi connectivity index (χ2n) is 7.15. The summed E-state index contributed by atoms with van der Waals surface area (Å²) >= 11 is 6.16. The maximum absolute atomic E-state index is 12.8. The number of aryl methyl sites for hydroxylation is 1. The summed E-state index contributed by atoms with van der Waals surface area (Å²) in [6.07, 6.45) is 0.817. The van der Waals surface area contributed by atoms with Crippen molar-refractivity contribution in [2.45, 2.75) is 12.8 Å². The molecule has 1 saturated heterocycles.